The number of aliphatic hydroxyl groups is 1. The number of aliphatic hydroxyl groups excluding tert-OH is 1. The molecule has 3 aromatic carbocycles. The molecule has 1 aromatic heterocycles. The maximum atomic E-state index is 13.8. The van der Waals surface area contributed by atoms with Crippen LogP contribution in [0.5, 0.6) is 23.0 Å². The van der Waals surface area contributed by atoms with Gasteiger partial charge in [0.2, 0.25) is 17.7 Å². The van der Waals surface area contributed by atoms with E-state index < -0.39 is 54.3 Å². The second kappa shape index (κ2) is 19.4. The van der Waals surface area contributed by atoms with Crippen molar-refractivity contribution in [1.82, 2.24) is 41.2 Å². The lowest BCUT2D eigenvalue weighted by atomic mass is 10.0. The first-order chi connectivity index (χ1) is 27.4. The highest BCUT2D eigenvalue weighted by molar-refractivity contribution is 5.97. The zero-order valence-electron chi connectivity index (χ0n) is 32.5. The summed E-state index contributed by atoms with van der Waals surface area (Å²) in [4.78, 5) is 69.2. The summed E-state index contributed by atoms with van der Waals surface area (Å²) >= 11 is 0. The van der Waals surface area contributed by atoms with E-state index in [1.54, 1.807) is 56.3 Å². The number of hydrogen-bond acceptors (Lipinski definition) is 11. The molecule has 3 atom stereocenters. The van der Waals surface area contributed by atoms with E-state index in [-0.39, 0.29) is 37.0 Å². The van der Waals surface area contributed by atoms with Crippen LogP contribution in [0.4, 0.5) is 0 Å². The lowest BCUT2D eigenvalue weighted by Crippen LogP contribution is -2.59. The number of hydrogen-bond donors (Lipinski definition) is 5. The average molecular weight is 785 g/mol. The molecule has 1 aliphatic rings. The molecule has 0 spiro atoms. The third-order valence-corrected chi connectivity index (χ3v) is 9.22. The number of benzene rings is 3. The number of fused-ring (bicyclic) bond motifs is 3. The Labute approximate surface area is 330 Å². The highest BCUT2D eigenvalue weighted by Crippen LogP contribution is 2.37. The first-order valence-corrected chi connectivity index (χ1v) is 18.5. The van der Waals surface area contributed by atoms with Gasteiger partial charge in [-0.25, -0.2) is 4.68 Å². The van der Waals surface area contributed by atoms with E-state index in [0.717, 1.165) is 0 Å². The molecule has 4 aromatic rings. The van der Waals surface area contributed by atoms with Crippen molar-refractivity contribution in [2.45, 2.75) is 58.3 Å². The van der Waals surface area contributed by atoms with Gasteiger partial charge in [0.25, 0.3) is 11.8 Å². The fourth-order valence-electron chi connectivity index (χ4n) is 6.10. The number of para-hydroxylation sites is 1. The summed E-state index contributed by atoms with van der Waals surface area (Å²) < 4.78 is 18.8. The van der Waals surface area contributed by atoms with E-state index in [9.17, 15) is 29.1 Å². The fourth-order valence-corrected chi connectivity index (χ4v) is 6.10. The Morgan fingerprint density at radius 2 is 1.61 bits per heavy atom. The van der Waals surface area contributed by atoms with E-state index in [0.29, 0.717) is 46.9 Å². The molecule has 0 saturated carbocycles. The molecule has 0 aliphatic carbocycles. The van der Waals surface area contributed by atoms with Crippen LogP contribution in [0, 0.1) is 5.92 Å². The quantitative estimate of drug-likeness (QED) is 0.191. The van der Waals surface area contributed by atoms with Crippen molar-refractivity contribution in [3.8, 4) is 28.7 Å². The smallest absolute Gasteiger partial charge is 0.276 e. The third kappa shape index (κ3) is 10.6. The molecule has 17 nitrogen and oxygen atoms in total. The molecular weight excluding hydrogens is 736 g/mol. The SMILES string of the molecule is COc1ccc2cc1Oc1cccc(OC)c1CNC(=O)[C@@H](C(C)C)NC(=O)[C@H]([C@@H](C)O)NC(=O)CN(C(=O)c1cn(-c3ccccc3)nn1)CCCCNC2=O. The number of ether oxygens (including phenoxy) is 3. The lowest BCUT2D eigenvalue weighted by Gasteiger charge is -2.28. The van der Waals surface area contributed by atoms with E-state index in [1.807, 2.05) is 18.2 Å². The van der Waals surface area contributed by atoms with Gasteiger partial charge in [-0.2, -0.15) is 0 Å². The summed E-state index contributed by atoms with van der Waals surface area (Å²) in [6.45, 7) is 4.53. The molecule has 0 saturated heterocycles. The monoisotopic (exact) mass is 784 g/mol. The molecule has 0 fully saturated rings. The van der Waals surface area contributed by atoms with Crippen LogP contribution in [-0.4, -0.2) is 107 Å². The van der Waals surface area contributed by atoms with E-state index >= 15 is 0 Å². The van der Waals surface area contributed by atoms with E-state index in [4.69, 9.17) is 14.2 Å². The predicted molar refractivity (Wildman–Crippen MR) is 207 cm³/mol. The topological polar surface area (TPSA) is 215 Å². The molecule has 302 valence electrons. The summed E-state index contributed by atoms with van der Waals surface area (Å²) in [5.41, 5.74) is 1.41. The zero-order valence-corrected chi connectivity index (χ0v) is 32.5. The van der Waals surface area contributed by atoms with Gasteiger partial charge in [-0.3, -0.25) is 24.0 Å². The van der Waals surface area contributed by atoms with Crippen molar-refractivity contribution < 1.29 is 43.3 Å². The first-order valence-electron chi connectivity index (χ1n) is 18.5. The number of nitrogens with one attached hydrogen (secondary N) is 4. The van der Waals surface area contributed by atoms with Crippen LogP contribution in [0.25, 0.3) is 5.69 Å². The number of carbonyl (C=O) groups is 5. The van der Waals surface area contributed by atoms with Crippen LogP contribution in [0.15, 0.2) is 72.9 Å². The van der Waals surface area contributed by atoms with E-state index in [2.05, 4.69) is 31.6 Å². The molecule has 2 bridgehead atoms. The summed E-state index contributed by atoms with van der Waals surface area (Å²) in [7, 11) is 2.94. The van der Waals surface area contributed by atoms with Crippen molar-refractivity contribution >= 4 is 29.5 Å². The van der Waals surface area contributed by atoms with Gasteiger partial charge in [0.1, 0.15) is 23.6 Å². The zero-order chi connectivity index (χ0) is 41.1. The van der Waals surface area contributed by atoms with Crippen LogP contribution < -0.4 is 35.5 Å². The number of aromatic nitrogens is 3. The average Bonchev–Trinajstić information content (AvgIpc) is 3.70. The van der Waals surface area contributed by atoms with Gasteiger partial charge in [-0.15, -0.1) is 5.10 Å². The fraction of sp³-hybridized carbons (Fsp3) is 0.375. The van der Waals surface area contributed by atoms with Crippen molar-refractivity contribution in [2.24, 2.45) is 5.92 Å². The second-order valence-electron chi connectivity index (χ2n) is 13.7. The van der Waals surface area contributed by atoms with Gasteiger partial charge in [0.05, 0.1) is 50.9 Å². The van der Waals surface area contributed by atoms with Gasteiger partial charge in [-0.1, -0.05) is 43.3 Å². The summed E-state index contributed by atoms with van der Waals surface area (Å²) in [6.07, 6.45) is 0.870. The van der Waals surface area contributed by atoms with Gasteiger partial charge in [-0.05, 0) is 68.1 Å². The summed E-state index contributed by atoms with van der Waals surface area (Å²) in [5.74, 6) is -2.20. The van der Waals surface area contributed by atoms with Gasteiger partial charge < -0.3 is 45.5 Å². The Bertz CT molecular complexity index is 2050. The standard InChI is InChI=1S/C40H48N8O9/c1-24(2)35-38(52)42-21-28-30(55-4)14-11-15-31(28)57-33-20-26(16-17-32(33)56-5)37(51)41-18-9-10-19-47(23-34(50)43-36(25(3)49)39(53)44-35)40(54)29-22-48(46-45-29)27-12-7-6-8-13-27/h6-8,11-17,20,22,24-25,35-36,49H,9-10,18-19,21,23H2,1-5H3,(H,41,51)(H,42,52)(H,43,50)(H,44,53)/t25-,35-,36+/m1/s1. The lowest BCUT2D eigenvalue weighted by molar-refractivity contribution is -0.135. The molecule has 5 N–H and O–H groups in total. The molecular formula is C40H48N8O9. The molecule has 17 heteroatoms. The van der Waals surface area contributed by atoms with Crippen LogP contribution >= 0.6 is 0 Å². The van der Waals surface area contributed by atoms with Crippen molar-refractivity contribution in [3.63, 3.8) is 0 Å². The van der Waals surface area contributed by atoms with Gasteiger partial charge in [0.15, 0.2) is 17.2 Å². The minimum Gasteiger partial charge on any atom is -0.496 e. The molecule has 0 radical (unpaired) electrons. The Hall–Kier alpha value is -6.49. The summed E-state index contributed by atoms with van der Waals surface area (Å²) in [6, 6.07) is 16.3. The Morgan fingerprint density at radius 1 is 0.860 bits per heavy atom. The number of carbonyl (C=O) groups excluding carboxylic acids is 5. The largest absolute Gasteiger partial charge is 0.496 e. The second-order valence-corrected chi connectivity index (χ2v) is 13.7. The number of rotatable bonds is 6. The Kier molecular flexibility index (Phi) is 14.2. The van der Waals surface area contributed by atoms with Gasteiger partial charge in [0, 0.05) is 18.7 Å². The summed E-state index contributed by atoms with van der Waals surface area (Å²) in [5, 5.41) is 29.7. The molecule has 57 heavy (non-hydrogen) atoms. The van der Waals surface area contributed by atoms with Crippen molar-refractivity contribution in [1.29, 1.82) is 0 Å². The molecule has 2 heterocycles. The van der Waals surface area contributed by atoms with Crippen molar-refractivity contribution in [2.75, 3.05) is 33.9 Å². The minimum absolute atomic E-state index is 0.0229. The molecule has 0 unspecified atom stereocenters. The van der Waals surface area contributed by atoms with Crippen LogP contribution in [0.3, 0.4) is 0 Å². The predicted octanol–water partition coefficient (Wildman–Crippen LogP) is 2.37. The van der Waals surface area contributed by atoms with Crippen LogP contribution in [0.2, 0.25) is 0 Å². The highest BCUT2D eigenvalue weighted by atomic mass is 16.5. The number of amides is 5. The maximum absolute atomic E-state index is 13.8. The van der Waals surface area contributed by atoms with Crippen LogP contribution in [-0.2, 0) is 20.9 Å². The Balaban J connectivity index is 1.45. The maximum Gasteiger partial charge on any atom is 0.276 e. The van der Waals surface area contributed by atoms with Crippen molar-refractivity contribution in [3.05, 3.63) is 89.7 Å². The number of nitrogens with zero attached hydrogens (tertiary/aromatic N) is 4. The molecule has 5 rings (SSSR count). The van der Waals surface area contributed by atoms with E-state index in [1.165, 1.54) is 43.0 Å². The molecule has 1 aliphatic heterocycles. The van der Waals surface area contributed by atoms with Gasteiger partial charge >= 0.3 is 0 Å². The Morgan fingerprint density at radius 3 is 2.32 bits per heavy atom. The van der Waals surface area contributed by atoms with Crippen LogP contribution in [0.1, 0.15) is 60.0 Å². The minimum atomic E-state index is -1.47. The molecule has 5 amide bonds. The highest BCUT2D eigenvalue weighted by Gasteiger charge is 2.32. The normalized spacial score (nSPS) is 18.2. The first kappa shape index (κ1) is 41.7. The number of methoxy groups -OCH3 is 2. The third-order valence-electron chi connectivity index (χ3n) is 9.22.